The van der Waals surface area contributed by atoms with Crippen LogP contribution in [0.1, 0.15) is 11.1 Å². The van der Waals surface area contributed by atoms with Crippen molar-refractivity contribution in [3.05, 3.63) is 78.4 Å². The quantitative estimate of drug-likeness (QED) is 0.509. The van der Waals surface area contributed by atoms with Gasteiger partial charge in [-0.2, -0.15) is 0 Å². The van der Waals surface area contributed by atoms with Gasteiger partial charge in [-0.3, -0.25) is 15.0 Å². The maximum Gasteiger partial charge on any atom is 0.208 e. The van der Waals surface area contributed by atoms with Crippen LogP contribution in [0.5, 0.6) is 0 Å². The zero-order chi connectivity index (χ0) is 20.0. The van der Waals surface area contributed by atoms with Gasteiger partial charge in [0.1, 0.15) is 0 Å². The molecule has 0 aliphatic rings. The minimum Gasteiger partial charge on any atom is -0.352 e. The lowest BCUT2D eigenvalue weighted by Crippen LogP contribution is -2.30. The molecule has 0 saturated carbocycles. The SMILES string of the molecule is C/N=C(\NCc1ccc(S(=O)(=O)c2cnccc2C)cc1)Nc1ccncc1. The summed E-state index contributed by atoms with van der Waals surface area (Å²) < 4.78 is 25.6. The number of pyridine rings is 2. The minimum absolute atomic E-state index is 0.225. The van der Waals surface area contributed by atoms with E-state index in [9.17, 15) is 8.42 Å². The number of nitrogens with zero attached hydrogens (tertiary/aromatic N) is 3. The van der Waals surface area contributed by atoms with Crippen LogP contribution >= 0.6 is 0 Å². The van der Waals surface area contributed by atoms with Crippen LogP contribution in [-0.4, -0.2) is 31.4 Å². The van der Waals surface area contributed by atoms with Crippen LogP contribution in [0.3, 0.4) is 0 Å². The van der Waals surface area contributed by atoms with Crippen molar-refractivity contribution in [3.63, 3.8) is 0 Å². The number of rotatable bonds is 5. The van der Waals surface area contributed by atoms with Gasteiger partial charge >= 0.3 is 0 Å². The highest BCUT2D eigenvalue weighted by Crippen LogP contribution is 2.23. The van der Waals surface area contributed by atoms with Crippen LogP contribution in [0.4, 0.5) is 5.69 Å². The number of aryl methyl sites for hydroxylation is 1. The Morgan fingerprint density at radius 3 is 2.32 bits per heavy atom. The molecule has 2 N–H and O–H groups in total. The summed E-state index contributed by atoms with van der Waals surface area (Å²) in [4.78, 5) is 12.6. The molecule has 3 aromatic rings. The van der Waals surface area contributed by atoms with Crippen molar-refractivity contribution in [2.24, 2.45) is 4.99 Å². The molecule has 0 bridgehead atoms. The highest BCUT2D eigenvalue weighted by molar-refractivity contribution is 7.91. The van der Waals surface area contributed by atoms with Gasteiger partial charge in [-0.15, -0.1) is 0 Å². The second-order valence-corrected chi connectivity index (χ2v) is 7.99. The number of anilines is 1. The number of sulfone groups is 1. The fourth-order valence-electron chi connectivity index (χ4n) is 2.58. The topological polar surface area (TPSA) is 96.3 Å². The van der Waals surface area contributed by atoms with E-state index in [2.05, 4.69) is 25.6 Å². The highest BCUT2D eigenvalue weighted by atomic mass is 32.2. The molecule has 2 aromatic heterocycles. The zero-order valence-electron chi connectivity index (χ0n) is 15.6. The summed E-state index contributed by atoms with van der Waals surface area (Å²) in [5.41, 5.74) is 2.47. The average molecular weight is 395 g/mol. The van der Waals surface area contributed by atoms with E-state index >= 15 is 0 Å². The largest absolute Gasteiger partial charge is 0.352 e. The molecule has 1 aromatic carbocycles. The molecule has 0 fully saturated rings. The Morgan fingerprint density at radius 2 is 1.68 bits per heavy atom. The number of benzene rings is 1. The maximum atomic E-state index is 12.8. The first-order valence-electron chi connectivity index (χ1n) is 8.63. The van der Waals surface area contributed by atoms with Gasteiger partial charge in [0, 0.05) is 44.1 Å². The molecule has 0 atom stereocenters. The molecule has 0 amide bonds. The Balaban J connectivity index is 1.68. The summed E-state index contributed by atoms with van der Waals surface area (Å²) in [6, 6.07) is 12.2. The molecule has 7 nitrogen and oxygen atoms in total. The molecule has 0 aliphatic carbocycles. The monoisotopic (exact) mass is 395 g/mol. The van der Waals surface area contributed by atoms with Gasteiger partial charge in [0.05, 0.1) is 9.79 Å². The number of guanidine groups is 1. The lowest BCUT2D eigenvalue weighted by molar-refractivity contribution is 0.595. The summed E-state index contributed by atoms with van der Waals surface area (Å²) in [7, 11) is -1.90. The van der Waals surface area contributed by atoms with E-state index in [-0.39, 0.29) is 9.79 Å². The van der Waals surface area contributed by atoms with E-state index in [1.807, 2.05) is 12.1 Å². The predicted molar refractivity (Wildman–Crippen MR) is 109 cm³/mol. The van der Waals surface area contributed by atoms with E-state index in [0.29, 0.717) is 18.1 Å². The molecule has 0 unspecified atom stereocenters. The van der Waals surface area contributed by atoms with Gasteiger partial charge in [-0.25, -0.2) is 8.42 Å². The van der Waals surface area contributed by atoms with E-state index in [1.54, 1.807) is 62.9 Å². The van der Waals surface area contributed by atoms with Crippen molar-refractivity contribution in [3.8, 4) is 0 Å². The molecular formula is C20H21N5O2S. The van der Waals surface area contributed by atoms with Crippen LogP contribution < -0.4 is 10.6 Å². The molecule has 8 heteroatoms. The third kappa shape index (κ3) is 4.52. The Bertz CT molecular complexity index is 1070. The van der Waals surface area contributed by atoms with Gasteiger partial charge in [0.15, 0.2) is 5.96 Å². The average Bonchev–Trinajstić information content (AvgIpc) is 2.72. The standard InChI is InChI=1S/C20H21N5O2S/c1-15-7-10-23-14-19(15)28(26,27)18-5-3-16(4-6-18)13-24-20(21-2)25-17-8-11-22-12-9-17/h3-12,14H,13H2,1-2H3,(H2,21,22,24,25). The van der Waals surface area contributed by atoms with E-state index in [1.165, 1.54) is 6.20 Å². The maximum absolute atomic E-state index is 12.8. The van der Waals surface area contributed by atoms with Crippen molar-refractivity contribution < 1.29 is 8.42 Å². The first-order valence-corrected chi connectivity index (χ1v) is 10.1. The molecule has 0 spiro atoms. The van der Waals surface area contributed by atoms with Crippen molar-refractivity contribution in [2.45, 2.75) is 23.3 Å². The Labute approximate surface area is 164 Å². The number of aromatic nitrogens is 2. The van der Waals surface area contributed by atoms with E-state index < -0.39 is 9.84 Å². The van der Waals surface area contributed by atoms with Crippen LogP contribution in [0.2, 0.25) is 0 Å². The molecule has 0 radical (unpaired) electrons. The Hall–Kier alpha value is -3.26. The van der Waals surface area contributed by atoms with E-state index in [4.69, 9.17) is 0 Å². The lowest BCUT2D eigenvalue weighted by Gasteiger charge is -2.12. The van der Waals surface area contributed by atoms with Crippen molar-refractivity contribution >= 4 is 21.5 Å². The molecule has 0 aliphatic heterocycles. The third-order valence-electron chi connectivity index (χ3n) is 4.14. The second-order valence-electron chi connectivity index (χ2n) is 6.08. The first kappa shape index (κ1) is 19.5. The highest BCUT2D eigenvalue weighted by Gasteiger charge is 2.19. The lowest BCUT2D eigenvalue weighted by atomic mass is 10.2. The number of hydrogen-bond donors (Lipinski definition) is 2. The summed E-state index contributed by atoms with van der Waals surface area (Å²) in [6.07, 6.45) is 6.35. The van der Waals surface area contributed by atoms with Gasteiger partial charge in [0.2, 0.25) is 9.84 Å². The molecule has 28 heavy (non-hydrogen) atoms. The van der Waals surface area contributed by atoms with Gasteiger partial charge in [-0.05, 0) is 48.4 Å². The first-order chi connectivity index (χ1) is 13.5. The van der Waals surface area contributed by atoms with E-state index in [0.717, 1.165) is 11.3 Å². The predicted octanol–water partition coefficient (Wildman–Crippen LogP) is 2.81. The van der Waals surface area contributed by atoms with Gasteiger partial charge < -0.3 is 10.6 Å². The summed E-state index contributed by atoms with van der Waals surface area (Å²) >= 11 is 0. The zero-order valence-corrected chi connectivity index (χ0v) is 16.4. The molecule has 3 rings (SSSR count). The van der Waals surface area contributed by atoms with Crippen LogP contribution in [0.15, 0.2) is 82.0 Å². The molecule has 2 heterocycles. The second kappa shape index (κ2) is 8.62. The third-order valence-corrected chi connectivity index (χ3v) is 6.04. The normalized spacial score (nSPS) is 11.9. The number of hydrogen-bond acceptors (Lipinski definition) is 5. The fraction of sp³-hybridized carbons (Fsp3) is 0.150. The minimum atomic E-state index is -3.59. The fourth-order valence-corrected chi connectivity index (χ4v) is 4.02. The number of nitrogens with one attached hydrogen (secondary N) is 2. The molecule has 0 saturated heterocycles. The smallest absolute Gasteiger partial charge is 0.208 e. The van der Waals surface area contributed by atoms with Crippen LogP contribution in [0, 0.1) is 6.92 Å². The summed E-state index contributed by atoms with van der Waals surface area (Å²) in [5, 5.41) is 6.35. The van der Waals surface area contributed by atoms with Crippen molar-refractivity contribution in [2.75, 3.05) is 12.4 Å². The number of aliphatic imine (C=N–C) groups is 1. The van der Waals surface area contributed by atoms with Gasteiger partial charge in [-0.1, -0.05) is 12.1 Å². The van der Waals surface area contributed by atoms with Crippen molar-refractivity contribution in [1.29, 1.82) is 0 Å². The Kier molecular flexibility index (Phi) is 6.00. The van der Waals surface area contributed by atoms with Crippen LogP contribution in [-0.2, 0) is 16.4 Å². The Morgan fingerprint density at radius 1 is 1.00 bits per heavy atom. The summed E-state index contributed by atoms with van der Waals surface area (Å²) in [5.74, 6) is 0.605. The van der Waals surface area contributed by atoms with Crippen molar-refractivity contribution in [1.82, 2.24) is 15.3 Å². The molecule has 144 valence electrons. The summed E-state index contributed by atoms with van der Waals surface area (Å²) in [6.45, 7) is 2.26. The molecular weight excluding hydrogens is 374 g/mol. The van der Waals surface area contributed by atoms with Gasteiger partial charge in [0.25, 0.3) is 0 Å². The van der Waals surface area contributed by atoms with Crippen LogP contribution in [0.25, 0.3) is 0 Å².